The highest BCUT2D eigenvalue weighted by atomic mass is 32.1. The Labute approximate surface area is 171 Å². The molecule has 0 unspecified atom stereocenters. The summed E-state index contributed by atoms with van der Waals surface area (Å²) in [6, 6.07) is 7.33. The number of anilines is 1. The summed E-state index contributed by atoms with van der Waals surface area (Å²) in [4.78, 5) is 24.6. The third-order valence-corrected chi connectivity index (χ3v) is 5.11. The molecule has 0 radical (unpaired) electrons. The maximum absolute atomic E-state index is 12.4. The molecule has 2 atom stereocenters. The standard InChI is InChI=1S/C21H30N4O2S/c1-13-7-9-16(10-8-13)19-24-25-20(28-19)23-18(27)15(3)22-17(26)11-14(2)12-21(4,5)6/h7-10,14-15H,11-12H2,1-6H3,(H,22,26)(H,23,25,27)/t14-,15+/m0/s1. The van der Waals surface area contributed by atoms with Crippen LogP contribution in [0, 0.1) is 18.3 Å². The highest BCUT2D eigenvalue weighted by Crippen LogP contribution is 2.27. The lowest BCUT2D eigenvalue weighted by Gasteiger charge is -2.23. The SMILES string of the molecule is Cc1ccc(-c2nnc(NC(=O)[C@@H](C)NC(=O)C[C@H](C)CC(C)(C)C)s2)cc1. The number of hydrogen-bond acceptors (Lipinski definition) is 5. The smallest absolute Gasteiger partial charge is 0.248 e. The molecule has 2 aromatic rings. The van der Waals surface area contributed by atoms with Crippen molar-refractivity contribution >= 4 is 28.3 Å². The molecule has 152 valence electrons. The average Bonchev–Trinajstić information content (AvgIpc) is 3.01. The Hall–Kier alpha value is -2.28. The van der Waals surface area contributed by atoms with E-state index in [-0.39, 0.29) is 23.1 Å². The number of nitrogens with zero attached hydrogens (tertiary/aromatic N) is 2. The van der Waals surface area contributed by atoms with Gasteiger partial charge in [-0.25, -0.2) is 0 Å². The van der Waals surface area contributed by atoms with E-state index in [1.165, 1.54) is 16.9 Å². The minimum Gasteiger partial charge on any atom is -0.345 e. The normalized spacial score (nSPS) is 13.6. The molecule has 28 heavy (non-hydrogen) atoms. The minimum atomic E-state index is -0.638. The van der Waals surface area contributed by atoms with Crippen molar-refractivity contribution in [3.8, 4) is 10.6 Å². The first-order valence-electron chi connectivity index (χ1n) is 9.54. The van der Waals surface area contributed by atoms with Crippen molar-refractivity contribution in [2.24, 2.45) is 11.3 Å². The van der Waals surface area contributed by atoms with Gasteiger partial charge in [0, 0.05) is 12.0 Å². The van der Waals surface area contributed by atoms with Gasteiger partial charge in [0.25, 0.3) is 0 Å². The molecule has 0 aliphatic heterocycles. The number of carbonyl (C=O) groups is 2. The van der Waals surface area contributed by atoms with E-state index in [1.54, 1.807) is 6.92 Å². The van der Waals surface area contributed by atoms with E-state index in [1.807, 2.05) is 31.2 Å². The molecule has 1 aromatic heterocycles. The Morgan fingerprint density at radius 1 is 1.11 bits per heavy atom. The van der Waals surface area contributed by atoms with Crippen LogP contribution in [0.3, 0.4) is 0 Å². The van der Waals surface area contributed by atoms with Crippen molar-refractivity contribution in [3.63, 3.8) is 0 Å². The quantitative estimate of drug-likeness (QED) is 0.718. The molecule has 6 nitrogen and oxygen atoms in total. The first-order valence-corrected chi connectivity index (χ1v) is 10.4. The van der Waals surface area contributed by atoms with Crippen LogP contribution in [-0.4, -0.2) is 28.1 Å². The lowest BCUT2D eigenvalue weighted by atomic mass is 9.84. The van der Waals surface area contributed by atoms with Gasteiger partial charge in [-0.3, -0.25) is 14.9 Å². The second kappa shape index (κ2) is 9.28. The summed E-state index contributed by atoms with van der Waals surface area (Å²) >= 11 is 1.31. The molecule has 7 heteroatoms. The Morgan fingerprint density at radius 2 is 1.75 bits per heavy atom. The van der Waals surface area contributed by atoms with Gasteiger partial charge in [0.2, 0.25) is 16.9 Å². The van der Waals surface area contributed by atoms with Crippen LogP contribution in [0.1, 0.15) is 53.0 Å². The number of aryl methyl sites for hydroxylation is 1. The summed E-state index contributed by atoms with van der Waals surface area (Å²) in [5.41, 5.74) is 2.30. The van der Waals surface area contributed by atoms with Crippen molar-refractivity contribution in [3.05, 3.63) is 29.8 Å². The summed E-state index contributed by atoms with van der Waals surface area (Å²) in [7, 11) is 0. The molecular weight excluding hydrogens is 372 g/mol. The predicted octanol–water partition coefficient (Wildman–Crippen LogP) is 4.42. The Bertz CT molecular complexity index is 809. The molecule has 2 N–H and O–H groups in total. The van der Waals surface area contributed by atoms with E-state index in [2.05, 4.69) is 48.5 Å². The first kappa shape index (κ1) is 22.0. The monoisotopic (exact) mass is 402 g/mol. The Kier molecular flexibility index (Phi) is 7.29. The maximum Gasteiger partial charge on any atom is 0.248 e. The van der Waals surface area contributed by atoms with Gasteiger partial charge in [-0.05, 0) is 31.6 Å². The number of amides is 2. The van der Waals surface area contributed by atoms with Crippen molar-refractivity contribution in [2.45, 2.75) is 60.4 Å². The van der Waals surface area contributed by atoms with Crippen LogP contribution >= 0.6 is 11.3 Å². The van der Waals surface area contributed by atoms with E-state index >= 15 is 0 Å². The van der Waals surface area contributed by atoms with Gasteiger partial charge < -0.3 is 5.32 Å². The van der Waals surface area contributed by atoms with Gasteiger partial charge in [-0.1, -0.05) is 68.9 Å². The van der Waals surface area contributed by atoms with Crippen LogP contribution in [0.2, 0.25) is 0 Å². The third-order valence-electron chi connectivity index (χ3n) is 4.22. The molecule has 0 spiro atoms. The third kappa shape index (κ3) is 7.03. The fraction of sp³-hybridized carbons (Fsp3) is 0.524. The van der Waals surface area contributed by atoms with E-state index in [0.717, 1.165) is 17.0 Å². The second-order valence-corrected chi connectivity index (χ2v) is 9.61. The number of aromatic nitrogens is 2. The van der Waals surface area contributed by atoms with Crippen molar-refractivity contribution in [1.82, 2.24) is 15.5 Å². The van der Waals surface area contributed by atoms with Crippen molar-refractivity contribution in [2.75, 3.05) is 5.32 Å². The zero-order valence-corrected chi connectivity index (χ0v) is 18.3. The van der Waals surface area contributed by atoms with Crippen LogP contribution in [0.15, 0.2) is 24.3 Å². The largest absolute Gasteiger partial charge is 0.345 e. The molecule has 1 heterocycles. The molecule has 0 fully saturated rings. The molecule has 2 rings (SSSR count). The van der Waals surface area contributed by atoms with Crippen molar-refractivity contribution < 1.29 is 9.59 Å². The van der Waals surface area contributed by atoms with Gasteiger partial charge in [-0.15, -0.1) is 10.2 Å². The number of carbonyl (C=O) groups excluding carboxylic acids is 2. The molecule has 0 aliphatic rings. The minimum absolute atomic E-state index is 0.114. The van der Waals surface area contributed by atoms with E-state index in [0.29, 0.717) is 11.6 Å². The molecule has 0 saturated heterocycles. The van der Waals surface area contributed by atoms with Crippen LogP contribution in [0.4, 0.5) is 5.13 Å². The lowest BCUT2D eigenvalue weighted by molar-refractivity contribution is -0.126. The summed E-state index contributed by atoms with van der Waals surface area (Å²) in [5.74, 6) is -0.157. The molecule has 0 bridgehead atoms. The summed E-state index contributed by atoms with van der Waals surface area (Å²) in [6.45, 7) is 12.2. The number of rotatable bonds is 7. The van der Waals surface area contributed by atoms with E-state index < -0.39 is 6.04 Å². The number of hydrogen-bond donors (Lipinski definition) is 2. The molecule has 0 aliphatic carbocycles. The van der Waals surface area contributed by atoms with Crippen LogP contribution in [-0.2, 0) is 9.59 Å². The Morgan fingerprint density at radius 3 is 2.36 bits per heavy atom. The number of benzene rings is 1. The average molecular weight is 403 g/mol. The Balaban J connectivity index is 1.87. The topological polar surface area (TPSA) is 84.0 Å². The highest BCUT2D eigenvalue weighted by Gasteiger charge is 2.21. The van der Waals surface area contributed by atoms with Crippen LogP contribution in [0.5, 0.6) is 0 Å². The summed E-state index contributed by atoms with van der Waals surface area (Å²) in [5, 5.41) is 14.8. The fourth-order valence-corrected chi connectivity index (χ4v) is 3.85. The van der Waals surface area contributed by atoms with Gasteiger partial charge in [-0.2, -0.15) is 0 Å². The predicted molar refractivity (Wildman–Crippen MR) is 114 cm³/mol. The zero-order chi connectivity index (χ0) is 20.9. The van der Waals surface area contributed by atoms with Crippen LogP contribution in [0.25, 0.3) is 10.6 Å². The van der Waals surface area contributed by atoms with Gasteiger partial charge >= 0.3 is 0 Å². The van der Waals surface area contributed by atoms with Gasteiger partial charge in [0.05, 0.1) is 0 Å². The lowest BCUT2D eigenvalue weighted by Crippen LogP contribution is -2.42. The highest BCUT2D eigenvalue weighted by molar-refractivity contribution is 7.18. The summed E-state index contributed by atoms with van der Waals surface area (Å²) in [6.07, 6.45) is 1.36. The van der Waals surface area contributed by atoms with Gasteiger partial charge in [0.1, 0.15) is 11.0 Å². The molecule has 2 amide bonds. The number of nitrogens with one attached hydrogen (secondary N) is 2. The van der Waals surface area contributed by atoms with Crippen molar-refractivity contribution in [1.29, 1.82) is 0 Å². The first-order chi connectivity index (χ1) is 13.0. The maximum atomic E-state index is 12.4. The second-order valence-electron chi connectivity index (χ2n) is 8.63. The summed E-state index contributed by atoms with van der Waals surface area (Å²) < 4.78 is 0. The molecular formula is C21H30N4O2S. The van der Waals surface area contributed by atoms with Crippen LogP contribution < -0.4 is 10.6 Å². The molecule has 1 aromatic carbocycles. The zero-order valence-electron chi connectivity index (χ0n) is 17.5. The fourth-order valence-electron chi connectivity index (χ4n) is 3.10. The van der Waals surface area contributed by atoms with E-state index in [9.17, 15) is 9.59 Å². The van der Waals surface area contributed by atoms with E-state index in [4.69, 9.17) is 0 Å². The molecule has 0 saturated carbocycles. The van der Waals surface area contributed by atoms with Gasteiger partial charge in [0.15, 0.2) is 0 Å².